The number of nitrogens with zero attached hydrogens (tertiary/aromatic N) is 9. The lowest BCUT2D eigenvalue weighted by atomic mass is 9.94. The Kier molecular flexibility index (Phi) is 5.44. The zero-order chi connectivity index (χ0) is 26.5. The largest absolute Gasteiger partial charge is 0.280 e. The molecule has 1 aliphatic carbocycles. The molecule has 6 rings (SSSR count). The van der Waals surface area contributed by atoms with E-state index in [4.69, 9.17) is 10.5 Å². The van der Waals surface area contributed by atoms with E-state index in [1.807, 2.05) is 57.0 Å². The minimum absolute atomic E-state index is 0.326. The van der Waals surface area contributed by atoms with E-state index in [0.29, 0.717) is 6.54 Å². The van der Waals surface area contributed by atoms with E-state index >= 15 is 0 Å². The molecule has 4 aromatic rings. The molecule has 0 unspecified atom stereocenters. The van der Waals surface area contributed by atoms with Gasteiger partial charge in [-0.2, -0.15) is 5.10 Å². The highest BCUT2D eigenvalue weighted by Gasteiger charge is 2.51. The van der Waals surface area contributed by atoms with Gasteiger partial charge in [0.25, 0.3) is 0 Å². The molecular weight excluding hydrogens is 474 g/mol. The lowest BCUT2D eigenvalue weighted by molar-refractivity contribution is 0.517. The van der Waals surface area contributed by atoms with E-state index in [-0.39, 0.29) is 5.54 Å². The van der Waals surface area contributed by atoms with Gasteiger partial charge in [0.05, 0.1) is 17.6 Å². The molecular formula is C29H27N9. The van der Waals surface area contributed by atoms with Gasteiger partial charge >= 0.3 is 0 Å². The Morgan fingerprint density at radius 2 is 1.84 bits per heavy atom. The standard InChI is InChI=1S/C29H27N9/c1-19-34-35-27-29(13-14-29)33-26(21-7-5-20(6-8-21)11-12-28(2,3)18-31-36-30)24-15-22(9-10-25(24)38(19)27)23-16-32-37(4)17-23/h5-10,15-17H,13-14,18H2,1-4H3. The topological polar surface area (TPSA) is 110 Å². The molecule has 1 spiro atoms. The first-order valence-corrected chi connectivity index (χ1v) is 12.6. The summed E-state index contributed by atoms with van der Waals surface area (Å²) in [6.07, 6.45) is 5.79. The van der Waals surface area contributed by atoms with Gasteiger partial charge in [-0.3, -0.25) is 14.2 Å². The van der Waals surface area contributed by atoms with Crippen molar-refractivity contribution in [3.05, 3.63) is 93.6 Å². The Labute approximate surface area is 220 Å². The molecule has 1 saturated carbocycles. The second-order valence-corrected chi connectivity index (χ2v) is 10.6. The lowest BCUT2D eigenvalue weighted by Gasteiger charge is -2.14. The summed E-state index contributed by atoms with van der Waals surface area (Å²) in [6, 6.07) is 14.7. The molecule has 0 N–H and O–H groups in total. The number of fused-ring (bicyclic) bond motifs is 4. The van der Waals surface area contributed by atoms with Crippen molar-refractivity contribution in [2.45, 2.75) is 39.2 Å². The van der Waals surface area contributed by atoms with Crippen LogP contribution in [0.15, 0.2) is 65.0 Å². The third kappa shape index (κ3) is 4.15. The van der Waals surface area contributed by atoms with Gasteiger partial charge in [-0.1, -0.05) is 35.2 Å². The third-order valence-corrected chi connectivity index (χ3v) is 7.05. The molecule has 2 aliphatic rings. The molecule has 2 aromatic carbocycles. The van der Waals surface area contributed by atoms with Gasteiger partial charge in [0, 0.05) is 52.4 Å². The van der Waals surface area contributed by atoms with Crippen molar-refractivity contribution in [3.63, 3.8) is 0 Å². The van der Waals surface area contributed by atoms with Gasteiger partial charge in [-0.25, -0.2) is 0 Å². The van der Waals surface area contributed by atoms with E-state index in [0.717, 1.165) is 63.7 Å². The maximum Gasteiger partial charge on any atom is 0.165 e. The molecule has 9 nitrogen and oxygen atoms in total. The first-order chi connectivity index (χ1) is 18.3. The van der Waals surface area contributed by atoms with Crippen molar-refractivity contribution < 1.29 is 0 Å². The maximum absolute atomic E-state index is 8.63. The molecule has 38 heavy (non-hydrogen) atoms. The highest BCUT2D eigenvalue weighted by Crippen LogP contribution is 2.51. The van der Waals surface area contributed by atoms with Crippen molar-refractivity contribution in [1.82, 2.24) is 24.5 Å². The maximum atomic E-state index is 8.63. The second kappa shape index (κ2) is 8.72. The van der Waals surface area contributed by atoms with Crippen molar-refractivity contribution in [2.75, 3.05) is 6.54 Å². The van der Waals surface area contributed by atoms with Crippen LogP contribution >= 0.6 is 0 Å². The van der Waals surface area contributed by atoms with Crippen LogP contribution in [0.4, 0.5) is 0 Å². The summed E-state index contributed by atoms with van der Waals surface area (Å²) >= 11 is 0. The molecule has 1 aliphatic heterocycles. The fourth-order valence-corrected chi connectivity index (χ4v) is 4.82. The summed E-state index contributed by atoms with van der Waals surface area (Å²) in [5.74, 6) is 8.22. The van der Waals surface area contributed by atoms with E-state index in [1.165, 1.54) is 0 Å². The summed E-state index contributed by atoms with van der Waals surface area (Å²) < 4.78 is 3.97. The molecule has 0 saturated heterocycles. The Balaban J connectivity index is 1.46. The quantitative estimate of drug-likeness (QED) is 0.159. The number of benzene rings is 2. The Morgan fingerprint density at radius 3 is 2.53 bits per heavy atom. The van der Waals surface area contributed by atoms with E-state index in [9.17, 15) is 0 Å². The predicted molar refractivity (Wildman–Crippen MR) is 146 cm³/mol. The molecule has 188 valence electrons. The number of azide groups is 1. The number of rotatable bonds is 4. The molecule has 9 heteroatoms. The summed E-state index contributed by atoms with van der Waals surface area (Å²) in [5.41, 5.74) is 14.9. The van der Waals surface area contributed by atoms with E-state index in [2.05, 4.69) is 72.1 Å². The van der Waals surface area contributed by atoms with Crippen LogP contribution in [0.1, 0.15) is 55.0 Å². The van der Waals surface area contributed by atoms with Crippen LogP contribution < -0.4 is 0 Å². The minimum Gasteiger partial charge on any atom is -0.280 e. The average Bonchev–Trinajstić information content (AvgIpc) is 3.43. The second-order valence-electron chi connectivity index (χ2n) is 10.6. The summed E-state index contributed by atoms with van der Waals surface area (Å²) in [4.78, 5) is 8.22. The molecule has 1 fully saturated rings. The summed E-state index contributed by atoms with van der Waals surface area (Å²) in [6.45, 7) is 6.25. The highest BCUT2D eigenvalue weighted by atomic mass is 15.3. The third-order valence-electron chi connectivity index (χ3n) is 7.05. The summed E-state index contributed by atoms with van der Waals surface area (Å²) in [7, 11) is 1.92. The SMILES string of the molecule is Cc1nnc2n1-c1ccc(-c3cnn(C)c3)cc1C(c1ccc(C#CC(C)(C)CN=[N+]=[N-])cc1)=NC21CC1. The Bertz CT molecular complexity index is 1700. The van der Waals surface area contributed by atoms with E-state index < -0.39 is 5.41 Å². The molecule has 2 aromatic heterocycles. The van der Waals surface area contributed by atoms with Crippen LogP contribution in [-0.2, 0) is 12.6 Å². The van der Waals surface area contributed by atoms with Gasteiger partial charge in [0.2, 0.25) is 0 Å². The Morgan fingerprint density at radius 1 is 1.08 bits per heavy atom. The van der Waals surface area contributed by atoms with Crippen LogP contribution in [-0.4, -0.2) is 36.8 Å². The molecule has 0 atom stereocenters. The van der Waals surface area contributed by atoms with Crippen LogP contribution in [0, 0.1) is 24.2 Å². The van der Waals surface area contributed by atoms with Gasteiger partial charge < -0.3 is 0 Å². The van der Waals surface area contributed by atoms with E-state index in [1.54, 1.807) is 0 Å². The first kappa shape index (κ1) is 23.7. The van der Waals surface area contributed by atoms with Gasteiger partial charge in [0.15, 0.2) is 5.82 Å². The number of hydrogen-bond donors (Lipinski definition) is 0. The van der Waals surface area contributed by atoms with Crippen LogP contribution in [0.2, 0.25) is 0 Å². The van der Waals surface area contributed by atoms with Crippen LogP contribution in [0.5, 0.6) is 0 Å². The van der Waals surface area contributed by atoms with Crippen molar-refractivity contribution in [2.24, 2.45) is 22.6 Å². The van der Waals surface area contributed by atoms with Crippen LogP contribution in [0.25, 0.3) is 27.3 Å². The van der Waals surface area contributed by atoms with Crippen molar-refractivity contribution in [1.29, 1.82) is 0 Å². The summed E-state index contributed by atoms with van der Waals surface area (Å²) in [5, 5.41) is 17.0. The zero-order valence-corrected chi connectivity index (χ0v) is 21.8. The highest BCUT2D eigenvalue weighted by molar-refractivity contribution is 6.16. The fraction of sp³-hybridized carbons (Fsp3) is 0.310. The van der Waals surface area contributed by atoms with Crippen molar-refractivity contribution in [3.8, 4) is 28.7 Å². The average molecular weight is 502 g/mol. The minimum atomic E-state index is -0.400. The number of aryl methyl sites for hydroxylation is 2. The predicted octanol–water partition coefficient (Wildman–Crippen LogP) is 5.50. The number of aromatic nitrogens is 5. The molecule has 3 heterocycles. The molecule has 0 bridgehead atoms. The molecule has 0 radical (unpaired) electrons. The Hall–Kier alpha value is -4.67. The smallest absolute Gasteiger partial charge is 0.165 e. The fourth-order valence-electron chi connectivity index (χ4n) is 4.82. The normalized spacial score (nSPS) is 14.9. The van der Waals surface area contributed by atoms with Crippen LogP contribution in [0.3, 0.4) is 0 Å². The van der Waals surface area contributed by atoms with Gasteiger partial charge in [-0.05, 0) is 69.0 Å². The van der Waals surface area contributed by atoms with Gasteiger partial charge in [0.1, 0.15) is 11.4 Å². The monoisotopic (exact) mass is 501 g/mol. The molecule has 0 amide bonds. The van der Waals surface area contributed by atoms with Crippen molar-refractivity contribution >= 4 is 5.71 Å². The zero-order valence-electron chi connectivity index (χ0n) is 21.8. The number of aliphatic imine (C=N–C) groups is 1. The number of hydrogen-bond acceptors (Lipinski definition) is 5. The van der Waals surface area contributed by atoms with Gasteiger partial charge in [-0.15, -0.1) is 10.2 Å². The lowest BCUT2D eigenvalue weighted by Crippen LogP contribution is -2.12. The first-order valence-electron chi connectivity index (χ1n) is 12.6.